The number of rotatable bonds is 4. The van der Waals surface area contributed by atoms with Crippen LogP contribution in [0.4, 0.5) is 11.4 Å². The van der Waals surface area contributed by atoms with Crippen molar-refractivity contribution in [1.82, 2.24) is 14.8 Å². The van der Waals surface area contributed by atoms with E-state index in [1.807, 2.05) is 0 Å². The number of nitrogens with zero attached hydrogens (tertiary/aromatic N) is 5. The second-order valence-corrected chi connectivity index (χ2v) is 6.80. The Bertz CT molecular complexity index is 746. The standard InChI is InChI=1S/C16H20ClN5O2/c1-11(2)21-10-18-19-16(21)12-4-3-7-20(9-12)14-6-5-13(17)8-15(14)22(23)24/h5-6,8,10-12H,3-4,7,9H2,1-2H3. The van der Waals surface area contributed by atoms with Gasteiger partial charge in [0, 0.05) is 36.1 Å². The van der Waals surface area contributed by atoms with Crippen molar-refractivity contribution in [3.63, 3.8) is 0 Å². The maximum absolute atomic E-state index is 11.4. The number of nitro groups is 1. The summed E-state index contributed by atoms with van der Waals surface area (Å²) >= 11 is 5.92. The van der Waals surface area contributed by atoms with E-state index in [0.29, 0.717) is 17.3 Å². The van der Waals surface area contributed by atoms with Crippen molar-refractivity contribution in [3.8, 4) is 0 Å². The number of halogens is 1. The van der Waals surface area contributed by atoms with Crippen LogP contribution in [0.15, 0.2) is 24.5 Å². The summed E-state index contributed by atoms with van der Waals surface area (Å²) < 4.78 is 2.07. The summed E-state index contributed by atoms with van der Waals surface area (Å²) in [5.74, 6) is 1.16. The third-order valence-corrected chi connectivity index (χ3v) is 4.65. The molecule has 1 aliphatic rings. The summed E-state index contributed by atoms with van der Waals surface area (Å²) in [6.07, 6.45) is 3.71. The van der Waals surface area contributed by atoms with E-state index in [1.54, 1.807) is 18.5 Å². The number of hydrogen-bond donors (Lipinski definition) is 0. The number of piperidine rings is 1. The van der Waals surface area contributed by atoms with Gasteiger partial charge < -0.3 is 9.47 Å². The van der Waals surface area contributed by atoms with Gasteiger partial charge in [-0.3, -0.25) is 10.1 Å². The molecule has 0 amide bonds. The Morgan fingerprint density at radius 1 is 1.42 bits per heavy atom. The van der Waals surface area contributed by atoms with Crippen molar-refractivity contribution in [2.75, 3.05) is 18.0 Å². The topological polar surface area (TPSA) is 77.1 Å². The smallest absolute Gasteiger partial charge is 0.294 e. The van der Waals surface area contributed by atoms with Gasteiger partial charge in [-0.05, 0) is 38.8 Å². The van der Waals surface area contributed by atoms with Crippen LogP contribution in [0.3, 0.4) is 0 Å². The largest absolute Gasteiger partial charge is 0.365 e. The van der Waals surface area contributed by atoms with E-state index in [-0.39, 0.29) is 22.6 Å². The summed E-state index contributed by atoms with van der Waals surface area (Å²) in [6, 6.07) is 5.13. The lowest BCUT2D eigenvalue weighted by Gasteiger charge is -2.34. The van der Waals surface area contributed by atoms with E-state index in [4.69, 9.17) is 11.6 Å². The van der Waals surface area contributed by atoms with Crippen LogP contribution < -0.4 is 4.90 Å². The quantitative estimate of drug-likeness (QED) is 0.619. The fraction of sp³-hybridized carbons (Fsp3) is 0.500. The molecule has 1 saturated heterocycles. The van der Waals surface area contributed by atoms with Crippen LogP contribution in [-0.2, 0) is 0 Å². The van der Waals surface area contributed by atoms with Crippen molar-refractivity contribution in [1.29, 1.82) is 0 Å². The Morgan fingerprint density at radius 3 is 2.92 bits per heavy atom. The molecule has 0 aliphatic carbocycles. The molecular formula is C16H20ClN5O2. The molecule has 1 aromatic carbocycles. The summed E-state index contributed by atoms with van der Waals surface area (Å²) in [6.45, 7) is 5.66. The molecule has 0 radical (unpaired) electrons. The van der Waals surface area contributed by atoms with E-state index in [1.165, 1.54) is 6.07 Å². The Balaban J connectivity index is 1.89. The summed E-state index contributed by atoms with van der Waals surface area (Å²) in [5.41, 5.74) is 0.665. The van der Waals surface area contributed by atoms with Gasteiger partial charge in [0.2, 0.25) is 0 Å². The highest BCUT2D eigenvalue weighted by Crippen LogP contribution is 2.36. The molecular weight excluding hydrogens is 330 g/mol. The molecule has 0 spiro atoms. The molecule has 1 unspecified atom stereocenters. The highest BCUT2D eigenvalue weighted by molar-refractivity contribution is 6.30. The Hall–Kier alpha value is -2.15. The molecule has 3 rings (SSSR count). The minimum atomic E-state index is -0.374. The first-order valence-corrected chi connectivity index (χ1v) is 8.43. The summed E-state index contributed by atoms with van der Waals surface area (Å²) in [4.78, 5) is 13.0. The van der Waals surface area contributed by atoms with Gasteiger partial charge in [0.15, 0.2) is 0 Å². The summed E-state index contributed by atoms with van der Waals surface area (Å²) in [7, 11) is 0. The maximum atomic E-state index is 11.4. The fourth-order valence-corrected chi connectivity index (χ4v) is 3.43. The van der Waals surface area contributed by atoms with Crippen molar-refractivity contribution >= 4 is 23.0 Å². The number of hydrogen-bond acceptors (Lipinski definition) is 5. The van der Waals surface area contributed by atoms with Crippen LogP contribution in [-0.4, -0.2) is 32.8 Å². The van der Waals surface area contributed by atoms with Gasteiger partial charge in [-0.25, -0.2) is 0 Å². The molecule has 24 heavy (non-hydrogen) atoms. The molecule has 1 atom stereocenters. The molecule has 0 N–H and O–H groups in total. The van der Waals surface area contributed by atoms with Crippen LogP contribution in [0.2, 0.25) is 5.02 Å². The van der Waals surface area contributed by atoms with Crippen LogP contribution in [0.5, 0.6) is 0 Å². The third-order valence-electron chi connectivity index (χ3n) is 4.42. The normalized spacial score (nSPS) is 18.2. The van der Waals surface area contributed by atoms with Crippen molar-refractivity contribution in [2.24, 2.45) is 0 Å². The Labute approximate surface area is 145 Å². The van der Waals surface area contributed by atoms with E-state index in [0.717, 1.165) is 25.2 Å². The molecule has 2 heterocycles. The number of nitro benzene ring substituents is 1. The van der Waals surface area contributed by atoms with Gasteiger partial charge in [0.1, 0.15) is 17.8 Å². The van der Waals surface area contributed by atoms with Crippen LogP contribution in [0.1, 0.15) is 44.5 Å². The minimum Gasteiger partial charge on any atom is -0.365 e. The second kappa shape index (κ2) is 6.76. The van der Waals surface area contributed by atoms with E-state index in [9.17, 15) is 10.1 Å². The van der Waals surface area contributed by atoms with E-state index < -0.39 is 0 Å². The first kappa shape index (κ1) is 16.7. The van der Waals surface area contributed by atoms with Crippen LogP contribution in [0.25, 0.3) is 0 Å². The zero-order chi connectivity index (χ0) is 17.3. The average molecular weight is 350 g/mol. The fourth-order valence-electron chi connectivity index (χ4n) is 3.26. The lowest BCUT2D eigenvalue weighted by Crippen LogP contribution is -2.35. The Kier molecular flexibility index (Phi) is 4.71. The van der Waals surface area contributed by atoms with Crippen molar-refractivity contribution in [3.05, 3.63) is 45.5 Å². The number of aromatic nitrogens is 3. The number of anilines is 1. The van der Waals surface area contributed by atoms with Crippen LogP contribution in [0, 0.1) is 10.1 Å². The molecule has 8 heteroatoms. The highest BCUT2D eigenvalue weighted by Gasteiger charge is 2.29. The number of benzene rings is 1. The van der Waals surface area contributed by atoms with Crippen molar-refractivity contribution in [2.45, 2.75) is 38.6 Å². The molecule has 2 aromatic rings. The van der Waals surface area contributed by atoms with Gasteiger partial charge in [-0.1, -0.05) is 11.6 Å². The molecule has 0 saturated carbocycles. The molecule has 1 fully saturated rings. The van der Waals surface area contributed by atoms with Gasteiger partial charge in [-0.15, -0.1) is 10.2 Å². The second-order valence-electron chi connectivity index (χ2n) is 6.37. The van der Waals surface area contributed by atoms with Crippen molar-refractivity contribution < 1.29 is 4.92 Å². The monoisotopic (exact) mass is 349 g/mol. The lowest BCUT2D eigenvalue weighted by molar-refractivity contribution is -0.384. The highest BCUT2D eigenvalue weighted by atomic mass is 35.5. The van der Waals surface area contributed by atoms with E-state index >= 15 is 0 Å². The predicted molar refractivity (Wildman–Crippen MR) is 92.7 cm³/mol. The minimum absolute atomic E-state index is 0.0495. The summed E-state index contributed by atoms with van der Waals surface area (Å²) in [5, 5.41) is 20.1. The van der Waals surface area contributed by atoms with Gasteiger partial charge in [-0.2, -0.15) is 0 Å². The molecule has 0 bridgehead atoms. The Morgan fingerprint density at radius 2 is 2.21 bits per heavy atom. The zero-order valence-electron chi connectivity index (χ0n) is 13.7. The maximum Gasteiger partial charge on any atom is 0.294 e. The molecule has 128 valence electrons. The first-order valence-electron chi connectivity index (χ1n) is 8.05. The molecule has 1 aromatic heterocycles. The average Bonchev–Trinajstić information content (AvgIpc) is 3.05. The lowest BCUT2D eigenvalue weighted by atomic mass is 9.96. The van der Waals surface area contributed by atoms with E-state index in [2.05, 4.69) is 33.5 Å². The van der Waals surface area contributed by atoms with Gasteiger partial charge in [0.05, 0.1) is 4.92 Å². The predicted octanol–water partition coefficient (Wildman–Crippen LogP) is 3.80. The van der Waals surface area contributed by atoms with Crippen LogP contribution >= 0.6 is 11.6 Å². The van der Waals surface area contributed by atoms with Gasteiger partial charge in [0.25, 0.3) is 5.69 Å². The third kappa shape index (κ3) is 3.21. The first-order chi connectivity index (χ1) is 11.5. The van der Waals surface area contributed by atoms with Gasteiger partial charge >= 0.3 is 0 Å². The SMILES string of the molecule is CC(C)n1cnnc1C1CCCN(c2ccc(Cl)cc2[N+](=O)[O-])C1. The zero-order valence-corrected chi connectivity index (χ0v) is 14.5. The molecule has 1 aliphatic heterocycles. The molecule has 7 nitrogen and oxygen atoms in total.